The van der Waals surface area contributed by atoms with Gasteiger partial charge < -0.3 is 0 Å². The summed E-state index contributed by atoms with van der Waals surface area (Å²) in [5, 5.41) is 14.5. The molecule has 1 amide bonds. The van der Waals surface area contributed by atoms with Crippen molar-refractivity contribution >= 4 is 17.8 Å². The Hall–Kier alpha value is -2.24. The molecule has 118 valence electrons. The van der Waals surface area contributed by atoms with Gasteiger partial charge in [-0.25, -0.2) is 5.43 Å². The highest BCUT2D eigenvalue weighted by atomic mass is 16.6. The molecule has 1 aromatic rings. The Bertz CT molecular complexity index is 554. The molecular formula is C16H21N3O3. The number of hydrazone groups is 1. The van der Waals surface area contributed by atoms with E-state index in [0.717, 1.165) is 12.8 Å². The van der Waals surface area contributed by atoms with E-state index in [1.165, 1.54) is 37.6 Å². The molecule has 1 aliphatic rings. The summed E-state index contributed by atoms with van der Waals surface area (Å²) in [7, 11) is 0. The van der Waals surface area contributed by atoms with E-state index in [2.05, 4.69) is 17.5 Å². The normalized spacial score (nSPS) is 20.0. The van der Waals surface area contributed by atoms with E-state index in [9.17, 15) is 14.9 Å². The Morgan fingerprint density at radius 3 is 2.77 bits per heavy atom. The number of nitrogens with one attached hydrogen (secondary N) is 1. The summed E-state index contributed by atoms with van der Waals surface area (Å²) >= 11 is 0. The molecule has 2 unspecified atom stereocenters. The van der Waals surface area contributed by atoms with Crippen LogP contribution in [-0.2, 0) is 4.79 Å². The van der Waals surface area contributed by atoms with E-state index in [4.69, 9.17) is 0 Å². The summed E-state index contributed by atoms with van der Waals surface area (Å²) in [5.41, 5.74) is 3.29. The zero-order valence-electron chi connectivity index (χ0n) is 12.7. The lowest BCUT2D eigenvalue weighted by Crippen LogP contribution is -2.20. The maximum Gasteiger partial charge on any atom is 0.269 e. The predicted octanol–water partition coefficient (Wildman–Crippen LogP) is 3.26. The van der Waals surface area contributed by atoms with E-state index >= 15 is 0 Å². The van der Waals surface area contributed by atoms with Crippen molar-refractivity contribution in [2.24, 2.45) is 16.9 Å². The van der Waals surface area contributed by atoms with Crippen molar-refractivity contribution in [2.75, 3.05) is 0 Å². The number of nitro groups is 1. The summed E-state index contributed by atoms with van der Waals surface area (Å²) < 4.78 is 0. The largest absolute Gasteiger partial charge is 0.273 e. The molecule has 0 bridgehead atoms. The first kappa shape index (κ1) is 16.1. The van der Waals surface area contributed by atoms with Gasteiger partial charge in [0.15, 0.2) is 0 Å². The fourth-order valence-corrected chi connectivity index (χ4v) is 2.48. The van der Waals surface area contributed by atoms with Crippen LogP contribution >= 0.6 is 0 Å². The number of nitro benzene ring substituents is 1. The van der Waals surface area contributed by atoms with Gasteiger partial charge in [0.25, 0.3) is 5.69 Å². The number of nitrogens with zero attached hydrogens (tertiary/aromatic N) is 2. The van der Waals surface area contributed by atoms with Crippen molar-refractivity contribution in [1.29, 1.82) is 0 Å². The van der Waals surface area contributed by atoms with Gasteiger partial charge in [-0.2, -0.15) is 5.10 Å². The predicted molar refractivity (Wildman–Crippen MR) is 84.6 cm³/mol. The zero-order valence-corrected chi connectivity index (χ0v) is 12.7. The third-order valence-corrected chi connectivity index (χ3v) is 3.93. The van der Waals surface area contributed by atoms with Gasteiger partial charge in [-0.1, -0.05) is 26.2 Å². The van der Waals surface area contributed by atoms with Crippen LogP contribution in [0.25, 0.3) is 0 Å². The first-order chi connectivity index (χ1) is 10.6. The number of unbranched alkanes of at least 4 members (excludes halogenated alkanes) is 2. The van der Waals surface area contributed by atoms with E-state index in [1.54, 1.807) is 12.1 Å². The van der Waals surface area contributed by atoms with Crippen LogP contribution in [-0.4, -0.2) is 17.0 Å². The van der Waals surface area contributed by atoms with Gasteiger partial charge in [-0.3, -0.25) is 14.9 Å². The molecule has 1 N–H and O–H groups in total. The summed E-state index contributed by atoms with van der Waals surface area (Å²) in [6.45, 7) is 2.17. The van der Waals surface area contributed by atoms with Crippen LogP contribution in [0.5, 0.6) is 0 Å². The van der Waals surface area contributed by atoms with Crippen LogP contribution in [0.4, 0.5) is 5.69 Å². The summed E-state index contributed by atoms with van der Waals surface area (Å²) in [5.74, 6) is 0.589. The molecule has 1 fully saturated rings. The van der Waals surface area contributed by atoms with Gasteiger partial charge >= 0.3 is 0 Å². The first-order valence-corrected chi connectivity index (χ1v) is 7.69. The SMILES string of the molecule is CCCCCC1CC1C(=O)N/N=C\c1ccc([N+](=O)[O-])cc1. The minimum atomic E-state index is -0.450. The molecule has 0 heterocycles. The Kier molecular flexibility index (Phi) is 5.63. The fourth-order valence-electron chi connectivity index (χ4n) is 2.48. The second-order valence-corrected chi connectivity index (χ2v) is 5.68. The second-order valence-electron chi connectivity index (χ2n) is 5.68. The average Bonchev–Trinajstić information content (AvgIpc) is 3.27. The lowest BCUT2D eigenvalue weighted by atomic mass is 10.1. The van der Waals surface area contributed by atoms with Crippen LogP contribution in [0.2, 0.25) is 0 Å². The number of benzene rings is 1. The minimum Gasteiger partial charge on any atom is -0.273 e. The molecule has 2 atom stereocenters. The number of carbonyl (C=O) groups excluding carboxylic acids is 1. The number of amides is 1. The Labute approximate surface area is 129 Å². The standard InChI is InChI=1S/C16H21N3O3/c1-2-3-4-5-13-10-15(13)16(20)18-17-11-12-6-8-14(9-7-12)19(21)22/h6-9,11,13,15H,2-5,10H2,1H3,(H,18,20)/b17-11-. The van der Waals surface area contributed by atoms with Crippen LogP contribution < -0.4 is 5.43 Å². The molecule has 6 heteroatoms. The highest BCUT2D eigenvalue weighted by Crippen LogP contribution is 2.42. The molecule has 6 nitrogen and oxygen atoms in total. The third-order valence-electron chi connectivity index (χ3n) is 3.93. The van der Waals surface area contributed by atoms with E-state index in [1.807, 2.05) is 0 Å². The molecule has 2 rings (SSSR count). The topological polar surface area (TPSA) is 84.6 Å². The van der Waals surface area contributed by atoms with Gasteiger partial charge in [0.05, 0.1) is 11.1 Å². The monoisotopic (exact) mass is 303 g/mol. The van der Waals surface area contributed by atoms with Crippen molar-refractivity contribution in [3.05, 3.63) is 39.9 Å². The maximum absolute atomic E-state index is 11.9. The highest BCUT2D eigenvalue weighted by Gasteiger charge is 2.41. The number of hydrogen-bond donors (Lipinski definition) is 1. The lowest BCUT2D eigenvalue weighted by Gasteiger charge is -1.99. The zero-order chi connectivity index (χ0) is 15.9. The molecular weight excluding hydrogens is 282 g/mol. The summed E-state index contributed by atoms with van der Waals surface area (Å²) in [4.78, 5) is 22.0. The minimum absolute atomic E-state index is 0.0281. The maximum atomic E-state index is 11.9. The second kappa shape index (κ2) is 7.68. The molecule has 0 spiro atoms. The molecule has 0 aliphatic heterocycles. The number of carbonyl (C=O) groups is 1. The van der Waals surface area contributed by atoms with Crippen molar-refractivity contribution in [2.45, 2.75) is 39.0 Å². The summed E-state index contributed by atoms with van der Waals surface area (Å²) in [6.07, 6.45) is 7.19. The van der Waals surface area contributed by atoms with Crippen LogP contribution in [0.15, 0.2) is 29.4 Å². The average molecular weight is 303 g/mol. The van der Waals surface area contributed by atoms with Gasteiger partial charge in [0.1, 0.15) is 0 Å². The van der Waals surface area contributed by atoms with Crippen LogP contribution in [0.3, 0.4) is 0 Å². The summed E-state index contributed by atoms with van der Waals surface area (Å²) in [6, 6.07) is 6.01. The highest BCUT2D eigenvalue weighted by molar-refractivity contribution is 5.84. The lowest BCUT2D eigenvalue weighted by molar-refractivity contribution is -0.384. The van der Waals surface area contributed by atoms with Crippen molar-refractivity contribution in [1.82, 2.24) is 5.43 Å². The van der Waals surface area contributed by atoms with E-state index < -0.39 is 4.92 Å². The number of hydrogen-bond acceptors (Lipinski definition) is 4. The van der Waals surface area contributed by atoms with E-state index in [0.29, 0.717) is 11.5 Å². The molecule has 0 aromatic heterocycles. The Morgan fingerprint density at radius 2 is 2.14 bits per heavy atom. The smallest absolute Gasteiger partial charge is 0.269 e. The fraction of sp³-hybridized carbons (Fsp3) is 0.500. The molecule has 1 aliphatic carbocycles. The molecule has 1 aromatic carbocycles. The van der Waals surface area contributed by atoms with Crippen LogP contribution in [0.1, 0.15) is 44.6 Å². The van der Waals surface area contributed by atoms with Crippen molar-refractivity contribution in [3.8, 4) is 0 Å². The molecule has 22 heavy (non-hydrogen) atoms. The molecule has 1 saturated carbocycles. The first-order valence-electron chi connectivity index (χ1n) is 7.69. The number of rotatable bonds is 8. The van der Waals surface area contributed by atoms with Gasteiger partial charge in [0, 0.05) is 18.1 Å². The Morgan fingerprint density at radius 1 is 1.41 bits per heavy atom. The van der Waals surface area contributed by atoms with E-state index in [-0.39, 0.29) is 17.5 Å². The van der Waals surface area contributed by atoms with Crippen LogP contribution in [0, 0.1) is 22.0 Å². The molecule has 0 radical (unpaired) electrons. The van der Waals surface area contributed by atoms with Gasteiger partial charge in [-0.15, -0.1) is 0 Å². The molecule has 0 saturated heterocycles. The Balaban J connectivity index is 1.73. The third kappa shape index (κ3) is 4.65. The van der Waals surface area contributed by atoms with Crippen molar-refractivity contribution < 1.29 is 9.72 Å². The quantitative estimate of drug-likeness (QED) is 0.346. The van der Waals surface area contributed by atoms with Crippen molar-refractivity contribution in [3.63, 3.8) is 0 Å². The van der Waals surface area contributed by atoms with Gasteiger partial charge in [-0.05, 0) is 36.5 Å². The number of non-ortho nitro benzene ring substituents is 1. The van der Waals surface area contributed by atoms with Gasteiger partial charge in [0.2, 0.25) is 5.91 Å².